The number of nitrogens with zero attached hydrogens (tertiary/aromatic N) is 1. The zero-order chi connectivity index (χ0) is 16.8. The predicted octanol–water partition coefficient (Wildman–Crippen LogP) is 1.65. The highest BCUT2D eigenvalue weighted by Gasteiger charge is 2.10. The zero-order valence-corrected chi connectivity index (χ0v) is 12.2. The third kappa shape index (κ3) is 4.07. The highest BCUT2D eigenvalue weighted by molar-refractivity contribution is 5.97. The van der Waals surface area contributed by atoms with Gasteiger partial charge in [-0.2, -0.15) is 5.10 Å². The number of benzene rings is 2. The van der Waals surface area contributed by atoms with E-state index in [1.807, 2.05) is 0 Å². The number of rotatable bonds is 4. The minimum Gasteiger partial charge on any atom is -0.508 e. The van der Waals surface area contributed by atoms with Crippen molar-refractivity contribution < 1.29 is 24.5 Å². The fraction of sp³-hybridized carbons (Fsp3) is 0.0625. The van der Waals surface area contributed by atoms with Crippen LogP contribution < -0.4 is 5.43 Å². The first-order valence-corrected chi connectivity index (χ1v) is 6.55. The molecule has 3 N–H and O–H groups in total. The summed E-state index contributed by atoms with van der Waals surface area (Å²) in [5, 5.41) is 22.5. The Labute approximate surface area is 131 Å². The molecule has 0 saturated heterocycles. The van der Waals surface area contributed by atoms with Gasteiger partial charge in [0.15, 0.2) is 0 Å². The molecular weight excluding hydrogens is 300 g/mol. The van der Waals surface area contributed by atoms with Gasteiger partial charge >= 0.3 is 5.97 Å². The van der Waals surface area contributed by atoms with Crippen LogP contribution >= 0.6 is 0 Å². The molecule has 0 fully saturated rings. The second kappa shape index (κ2) is 7.08. The molecule has 2 rings (SSSR count). The van der Waals surface area contributed by atoms with E-state index in [9.17, 15) is 14.7 Å². The number of carbonyl (C=O) groups is 2. The lowest BCUT2D eigenvalue weighted by molar-refractivity contribution is 0.0600. The van der Waals surface area contributed by atoms with Crippen LogP contribution in [0.25, 0.3) is 0 Å². The summed E-state index contributed by atoms with van der Waals surface area (Å²) < 4.78 is 4.59. The van der Waals surface area contributed by atoms with Gasteiger partial charge in [-0.3, -0.25) is 4.79 Å². The van der Waals surface area contributed by atoms with Crippen LogP contribution in [0, 0.1) is 0 Å². The number of methoxy groups -OCH3 is 1. The molecule has 118 valence electrons. The molecule has 2 aromatic carbocycles. The molecule has 0 aliphatic rings. The standard InChI is InChI=1S/C16H14N2O5/c1-23-16(22)11-4-2-10(3-5-11)9-17-18-15(21)13-7-6-12(19)8-14(13)20/h2-9,19-20H,1H3,(H,18,21). The van der Waals surface area contributed by atoms with Crippen molar-refractivity contribution in [2.45, 2.75) is 0 Å². The Balaban J connectivity index is 2.01. The molecule has 0 saturated carbocycles. The summed E-state index contributed by atoms with van der Waals surface area (Å²) in [5.74, 6) is -1.55. The van der Waals surface area contributed by atoms with Gasteiger partial charge in [0, 0.05) is 6.07 Å². The molecule has 1 amide bonds. The topological polar surface area (TPSA) is 108 Å². The molecule has 7 nitrogen and oxygen atoms in total. The van der Waals surface area contributed by atoms with Crippen LogP contribution in [-0.4, -0.2) is 35.4 Å². The Morgan fingerprint density at radius 2 is 1.83 bits per heavy atom. The van der Waals surface area contributed by atoms with E-state index in [1.54, 1.807) is 24.3 Å². The maximum Gasteiger partial charge on any atom is 0.337 e. The molecule has 2 aromatic rings. The quantitative estimate of drug-likeness (QED) is 0.452. The maximum absolute atomic E-state index is 11.8. The van der Waals surface area contributed by atoms with E-state index in [4.69, 9.17) is 5.11 Å². The number of phenols is 2. The molecule has 7 heteroatoms. The van der Waals surface area contributed by atoms with Crippen molar-refractivity contribution in [3.8, 4) is 11.5 Å². The Kier molecular flexibility index (Phi) is 4.93. The molecule has 0 unspecified atom stereocenters. The lowest BCUT2D eigenvalue weighted by atomic mass is 10.1. The van der Waals surface area contributed by atoms with E-state index in [-0.39, 0.29) is 17.1 Å². The van der Waals surface area contributed by atoms with Gasteiger partial charge in [0.2, 0.25) is 0 Å². The molecule has 23 heavy (non-hydrogen) atoms. The monoisotopic (exact) mass is 314 g/mol. The third-order valence-electron chi connectivity index (χ3n) is 2.94. The van der Waals surface area contributed by atoms with Crippen molar-refractivity contribution in [3.63, 3.8) is 0 Å². The molecule has 0 aromatic heterocycles. The SMILES string of the molecule is COC(=O)c1ccc(C=NNC(=O)c2ccc(O)cc2O)cc1. The van der Waals surface area contributed by atoms with E-state index in [1.165, 1.54) is 25.5 Å². The maximum atomic E-state index is 11.8. The van der Waals surface area contributed by atoms with Gasteiger partial charge in [0.05, 0.1) is 24.5 Å². The van der Waals surface area contributed by atoms with Crippen LogP contribution in [0.5, 0.6) is 11.5 Å². The first kappa shape index (κ1) is 16.0. The first-order chi connectivity index (χ1) is 11.0. The van der Waals surface area contributed by atoms with Gasteiger partial charge in [-0.05, 0) is 29.8 Å². The Morgan fingerprint density at radius 1 is 1.13 bits per heavy atom. The highest BCUT2D eigenvalue weighted by atomic mass is 16.5. The summed E-state index contributed by atoms with van der Waals surface area (Å²) in [6, 6.07) is 10.0. The predicted molar refractivity (Wildman–Crippen MR) is 82.6 cm³/mol. The normalized spacial score (nSPS) is 10.5. The molecule has 0 spiro atoms. The van der Waals surface area contributed by atoms with E-state index >= 15 is 0 Å². The lowest BCUT2D eigenvalue weighted by Gasteiger charge is -2.03. The number of amides is 1. The number of hydrogen-bond acceptors (Lipinski definition) is 6. The second-order valence-corrected chi connectivity index (χ2v) is 4.51. The van der Waals surface area contributed by atoms with Crippen molar-refractivity contribution in [1.82, 2.24) is 5.43 Å². The van der Waals surface area contributed by atoms with E-state index in [2.05, 4.69) is 15.3 Å². The van der Waals surface area contributed by atoms with Crippen LogP contribution in [0.2, 0.25) is 0 Å². The summed E-state index contributed by atoms with van der Waals surface area (Å²) in [5.41, 5.74) is 3.31. The number of hydrogen-bond donors (Lipinski definition) is 3. The van der Waals surface area contributed by atoms with Gasteiger partial charge in [-0.25, -0.2) is 10.2 Å². The van der Waals surface area contributed by atoms with Crippen LogP contribution in [-0.2, 0) is 4.74 Å². The Morgan fingerprint density at radius 3 is 2.43 bits per heavy atom. The molecule has 0 bridgehead atoms. The van der Waals surface area contributed by atoms with Crippen molar-refractivity contribution >= 4 is 18.1 Å². The summed E-state index contributed by atoms with van der Waals surface area (Å²) >= 11 is 0. The van der Waals surface area contributed by atoms with Crippen molar-refractivity contribution in [2.75, 3.05) is 7.11 Å². The van der Waals surface area contributed by atoms with Crippen molar-refractivity contribution in [3.05, 3.63) is 59.2 Å². The molecule has 0 atom stereocenters. The van der Waals surface area contributed by atoms with Crippen LogP contribution in [0.1, 0.15) is 26.3 Å². The number of aromatic hydroxyl groups is 2. The number of esters is 1. The molecule has 0 aliphatic heterocycles. The van der Waals surface area contributed by atoms with Crippen LogP contribution in [0.4, 0.5) is 0 Å². The smallest absolute Gasteiger partial charge is 0.337 e. The molecule has 0 aliphatic carbocycles. The zero-order valence-electron chi connectivity index (χ0n) is 12.2. The van der Waals surface area contributed by atoms with Crippen LogP contribution in [0.15, 0.2) is 47.6 Å². The average molecular weight is 314 g/mol. The third-order valence-corrected chi connectivity index (χ3v) is 2.94. The fourth-order valence-electron chi connectivity index (χ4n) is 1.76. The second-order valence-electron chi connectivity index (χ2n) is 4.51. The van der Waals surface area contributed by atoms with Gasteiger partial charge in [-0.15, -0.1) is 0 Å². The van der Waals surface area contributed by atoms with Crippen molar-refractivity contribution in [1.29, 1.82) is 0 Å². The van der Waals surface area contributed by atoms with Gasteiger partial charge < -0.3 is 14.9 Å². The molecule has 0 heterocycles. The number of carbonyl (C=O) groups excluding carboxylic acids is 2. The summed E-state index contributed by atoms with van der Waals surface area (Å²) in [4.78, 5) is 23.1. The van der Waals surface area contributed by atoms with Gasteiger partial charge in [0.25, 0.3) is 5.91 Å². The Hall–Kier alpha value is -3.35. The first-order valence-electron chi connectivity index (χ1n) is 6.55. The molecular formula is C16H14N2O5. The number of ether oxygens (including phenoxy) is 1. The van der Waals surface area contributed by atoms with E-state index in [0.717, 1.165) is 6.07 Å². The summed E-state index contributed by atoms with van der Waals surface area (Å²) in [7, 11) is 1.30. The Bertz CT molecular complexity index is 754. The number of phenolic OH excluding ortho intramolecular Hbond substituents is 2. The average Bonchev–Trinajstić information content (AvgIpc) is 2.54. The lowest BCUT2D eigenvalue weighted by Crippen LogP contribution is -2.17. The van der Waals surface area contributed by atoms with Crippen molar-refractivity contribution in [2.24, 2.45) is 5.10 Å². The number of nitrogens with one attached hydrogen (secondary N) is 1. The minimum absolute atomic E-state index is 0.0130. The minimum atomic E-state index is -0.620. The fourth-order valence-corrected chi connectivity index (χ4v) is 1.76. The van der Waals surface area contributed by atoms with E-state index in [0.29, 0.717) is 11.1 Å². The highest BCUT2D eigenvalue weighted by Crippen LogP contribution is 2.22. The summed E-state index contributed by atoms with van der Waals surface area (Å²) in [6.07, 6.45) is 1.39. The van der Waals surface area contributed by atoms with Gasteiger partial charge in [-0.1, -0.05) is 12.1 Å². The van der Waals surface area contributed by atoms with E-state index < -0.39 is 11.9 Å². The van der Waals surface area contributed by atoms with Crippen LogP contribution in [0.3, 0.4) is 0 Å². The molecule has 0 radical (unpaired) electrons. The summed E-state index contributed by atoms with van der Waals surface area (Å²) in [6.45, 7) is 0. The van der Waals surface area contributed by atoms with Gasteiger partial charge in [0.1, 0.15) is 11.5 Å². The number of hydrazone groups is 1. The largest absolute Gasteiger partial charge is 0.508 e.